The molecule has 3 rings (SSSR count). The predicted octanol–water partition coefficient (Wildman–Crippen LogP) is 3.61. The lowest BCUT2D eigenvalue weighted by molar-refractivity contribution is -0.384. The molecule has 0 aromatic heterocycles. The van der Waals surface area contributed by atoms with Crippen LogP contribution in [0.25, 0.3) is 0 Å². The maximum Gasteiger partial charge on any atom is 0.293 e. The summed E-state index contributed by atoms with van der Waals surface area (Å²) in [5.74, 6) is -1.07. The largest absolute Gasteiger partial charge is 0.366 e. The molecular weight excluding hydrogens is 384 g/mol. The molecule has 0 atom stereocenters. The highest BCUT2D eigenvalue weighted by Crippen LogP contribution is 2.31. The van der Waals surface area contributed by atoms with Gasteiger partial charge in [-0.1, -0.05) is 31.9 Å². The topological polar surface area (TPSA) is 105 Å². The Morgan fingerprint density at radius 3 is 2.07 bits per heavy atom. The first kappa shape index (κ1) is 21.3. The number of amides is 2. The molecule has 0 saturated carbocycles. The van der Waals surface area contributed by atoms with Crippen LogP contribution in [0.1, 0.15) is 58.9 Å². The van der Waals surface area contributed by atoms with Crippen molar-refractivity contribution in [2.45, 2.75) is 39.0 Å². The SMILES string of the molecule is CCc1ccc(C(=O)NNC(=O)c2ccc(N3CCCCCC3)c([N+](=O)[O-])c2)cc1. The first-order valence-corrected chi connectivity index (χ1v) is 10.2. The molecule has 2 aromatic rings. The van der Waals surface area contributed by atoms with Crippen molar-refractivity contribution in [3.05, 3.63) is 69.3 Å². The van der Waals surface area contributed by atoms with Crippen molar-refractivity contribution >= 4 is 23.2 Å². The summed E-state index contributed by atoms with van der Waals surface area (Å²) >= 11 is 0. The van der Waals surface area contributed by atoms with E-state index in [0.717, 1.165) is 50.8 Å². The number of rotatable bonds is 5. The van der Waals surface area contributed by atoms with E-state index in [0.29, 0.717) is 11.3 Å². The van der Waals surface area contributed by atoms with E-state index >= 15 is 0 Å². The Morgan fingerprint density at radius 2 is 1.50 bits per heavy atom. The first-order valence-electron chi connectivity index (χ1n) is 10.2. The van der Waals surface area contributed by atoms with Gasteiger partial charge in [-0.3, -0.25) is 30.6 Å². The molecule has 30 heavy (non-hydrogen) atoms. The number of hydrogen-bond acceptors (Lipinski definition) is 5. The fourth-order valence-electron chi connectivity index (χ4n) is 3.54. The Kier molecular flexibility index (Phi) is 7.00. The minimum Gasteiger partial charge on any atom is -0.366 e. The predicted molar refractivity (Wildman–Crippen MR) is 115 cm³/mol. The van der Waals surface area contributed by atoms with E-state index in [1.165, 1.54) is 6.07 Å². The average molecular weight is 410 g/mol. The molecular formula is C22H26N4O4. The van der Waals surface area contributed by atoms with Crippen molar-refractivity contribution < 1.29 is 14.5 Å². The molecule has 8 heteroatoms. The molecule has 1 heterocycles. The van der Waals surface area contributed by atoms with Gasteiger partial charge in [-0.05, 0) is 49.1 Å². The third-order valence-corrected chi connectivity index (χ3v) is 5.29. The Balaban J connectivity index is 1.69. The van der Waals surface area contributed by atoms with Crippen LogP contribution in [0.3, 0.4) is 0 Å². The second-order valence-corrected chi connectivity index (χ2v) is 7.32. The number of nitrogens with zero attached hydrogens (tertiary/aromatic N) is 2. The molecule has 8 nitrogen and oxygen atoms in total. The number of nitro benzene ring substituents is 1. The number of anilines is 1. The van der Waals surface area contributed by atoms with E-state index in [4.69, 9.17) is 0 Å². The Hall–Kier alpha value is -3.42. The number of carbonyl (C=O) groups excluding carboxylic acids is 2. The molecule has 0 bridgehead atoms. The highest BCUT2D eigenvalue weighted by atomic mass is 16.6. The molecule has 0 unspecified atom stereocenters. The zero-order valence-corrected chi connectivity index (χ0v) is 17.0. The van der Waals surface area contributed by atoms with Crippen molar-refractivity contribution in [1.82, 2.24) is 10.9 Å². The van der Waals surface area contributed by atoms with Gasteiger partial charge in [0, 0.05) is 30.3 Å². The Bertz CT molecular complexity index is 919. The first-order chi connectivity index (χ1) is 14.5. The van der Waals surface area contributed by atoms with Crippen LogP contribution in [0.2, 0.25) is 0 Å². The number of nitrogens with one attached hydrogen (secondary N) is 2. The van der Waals surface area contributed by atoms with Crippen molar-refractivity contribution in [3.63, 3.8) is 0 Å². The average Bonchev–Trinajstić information content (AvgIpc) is 3.06. The number of aryl methyl sites for hydroxylation is 1. The zero-order valence-electron chi connectivity index (χ0n) is 17.0. The van der Waals surface area contributed by atoms with Crippen LogP contribution in [0.4, 0.5) is 11.4 Å². The highest BCUT2D eigenvalue weighted by Gasteiger charge is 2.23. The normalized spacial score (nSPS) is 14.0. The van der Waals surface area contributed by atoms with Crippen LogP contribution < -0.4 is 15.8 Å². The van der Waals surface area contributed by atoms with Gasteiger partial charge >= 0.3 is 0 Å². The third-order valence-electron chi connectivity index (χ3n) is 5.29. The van der Waals surface area contributed by atoms with E-state index < -0.39 is 16.7 Å². The van der Waals surface area contributed by atoms with E-state index in [1.807, 2.05) is 24.0 Å². The van der Waals surface area contributed by atoms with Crippen LogP contribution in [0.15, 0.2) is 42.5 Å². The second-order valence-electron chi connectivity index (χ2n) is 7.32. The lowest BCUT2D eigenvalue weighted by atomic mass is 10.1. The summed E-state index contributed by atoms with van der Waals surface area (Å²) in [7, 11) is 0. The summed E-state index contributed by atoms with van der Waals surface area (Å²) in [5.41, 5.74) is 6.73. The van der Waals surface area contributed by atoms with Crippen LogP contribution in [-0.4, -0.2) is 29.8 Å². The molecule has 2 aromatic carbocycles. The van der Waals surface area contributed by atoms with Gasteiger partial charge in [-0.15, -0.1) is 0 Å². The summed E-state index contributed by atoms with van der Waals surface area (Å²) in [5, 5.41) is 11.6. The maximum absolute atomic E-state index is 12.4. The molecule has 0 aliphatic carbocycles. The number of hydrogen-bond donors (Lipinski definition) is 2. The standard InChI is InChI=1S/C22H26N4O4/c1-2-16-7-9-17(10-8-16)21(27)23-24-22(28)18-11-12-19(20(15-18)26(29)30)25-13-5-3-4-6-14-25/h7-12,15H,2-6,13-14H2,1H3,(H,23,27)(H,24,28). The van der Waals surface area contributed by atoms with Crippen molar-refractivity contribution in [3.8, 4) is 0 Å². The Morgan fingerprint density at radius 1 is 0.933 bits per heavy atom. The fraction of sp³-hybridized carbons (Fsp3) is 0.364. The third kappa shape index (κ3) is 5.14. The molecule has 1 aliphatic heterocycles. The summed E-state index contributed by atoms with van der Waals surface area (Å²) in [6.07, 6.45) is 5.08. The quantitative estimate of drug-likeness (QED) is 0.579. The van der Waals surface area contributed by atoms with Gasteiger partial charge in [-0.2, -0.15) is 0 Å². The van der Waals surface area contributed by atoms with E-state index in [-0.39, 0.29) is 11.3 Å². The van der Waals surface area contributed by atoms with Crippen LogP contribution in [-0.2, 0) is 6.42 Å². The van der Waals surface area contributed by atoms with Gasteiger partial charge in [0.05, 0.1) is 4.92 Å². The minimum absolute atomic E-state index is 0.106. The lowest BCUT2D eigenvalue weighted by Crippen LogP contribution is -2.41. The van der Waals surface area contributed by atoms with Gasteiger partial charge in [-0.25, -0.2) is 0 Å². The molecule has 2 N–H and O–H groups in total. The minimum atomic E-state index is -0.612. The molecule has 0 spiro atoms. The molecule has 1 fully saturated rings. The van der Waals surface area contributed by atoms with Gasteiger partial charge in [0.15, 0.2) is 0 Å². The Labute approximate surface area is 175 Å². The highest BCUT2D eigenvalue weighted by molar-refractivity contribution is 5.99. The fourth-order valence-corrected chi connectivity index (χ4v) is 3.54. The van der Waals surface area contributed by atoms with Crippen LogP contribution >= 0.6 is 0 Å². The number of benzene rings is 2. The maximum atomic E-state index is 12.4. The van der Waals surface area contributed by atoms with E-state index in [9.17, 15) is 19.7 Å². The molecule has 1 aliphatic rings. The zero-order chi connectivity index (χ0) is 21.5. The van der Waals surface area contributed by atoms with Gasteiger partial charge in [0.1, 0.15) is 5.69 Å². The molecule has 0 radical (unpaired) electrons. The summed E-state index contributed by atoms with van der Waals surface area (Å²) in [6, 6.07) is 11.5. The molecule has 2 amide bonds. The second kappa shape index (κ2) is 9.87. The van der Waals surface area contributed by atoms with Crippen molar-refractivity contribution in [2.24, 2.45) is 0 Å². The number of carbonyl (C=O) groups is 2. The monoisotopic (exact) mass is 410 g/mol. The lowest BCUT2D eigenvalue weighted by Gasteiger charge is -2.22. The number of nitro groups is 1. The van der Waals surface area contributed by atoms with E-state index in [2.05, 4.69) is 10.9 Å². The van der Waals surface area contributed by atoms with Gasteiger partial charge in [0.2, 0.25) is 0 Å². The van der Waals surface area contributed by atoms with Crippen molar-refractivity contribution in [2.75, 3.05) is 18.0 Å². The van der Waals surface area contributed by atoms with Gasteiger partial charge < -0.3 is 4.90 Å². The molecule has 1 saturated heterocycles. The van der Waals surface area contributed by atoms with Crippen molar-refractivity contribution in [1.29, 1.82) is 0 Å². The van der Waals surface area contributed by atoms with Crippen LogP contribution in [0, 0.1) is 10.1 Å². The summed E-state index contributed by atoms with van der Waals surface area (Å²) in [6.45, 7) is 3.55. The van der Waals surface area contributed by atoms with E-state index in [1.54, 1.807) is 24.3 Å². The summed E-state index contributed by atoms with van der Waals surface area (Å²) < 4.78 is 0. The number of hydrazine groups is 1. The van der Waals surface area contributed by atoms with Gasteiger partial charge in [0.25, 0.3) is 17.5 Å². The van der Waals surface area contributed by atoms with Crippen LogP contribution in [0.5, 0.6) is 0 Å². The molecule has 158 valence electrons. The summed E-state index contributed by atoms with van der Waals surface area (Å²) in [4.78, 5) is 37.8. The smallest absolute Gasteiger partial charge is 0.293 e.